The molecule has 20 heavy (non-hydrogen) atoms. The van der Waals surface area contributed by atoms with E-state index >= 15 is 0 Å². The van der Waals surface area contributed by atoms with E-state index in [0.29, 0.717) is 0 Å². The lowest BCUT2D eigenvalue weighted by molar-refractivity contribution is -0.0171. The SMILES string of the molecule is COc1cccc(OC)c1C1(O)CCN2CCCCC21. The average Bonchev–Trinajstić information content (AvgIpc) is 2.85. The molecule has 110 valence electrons. The molecule has 1 N–H and O–H groups in total. The molecule has 0 bridgehead atoms. The summed E-state index contributed by atoms with van der Waals surface area (Å²) in [5.41, 5.74) is -0.0438. The van der Waals surface area contributed by atoms with Crippen LogP contribution in [0, 0.1) is 0 Å². The highest BCUT2D eigenvalue weighted by molar-refractivity contribution is 5.50. The molecular weight excluding hydrogens is 254 g/mol. The van der Waals surface area contributed by atoms with Crippen LogP contribution in [0.4, 0.5) is 0 Å². The van der Waals surface area contributed by atoms with Crippen LogP contribution in [0.15, 0.2) is 18.2 Å². The van der Waals surface area contributed by atoms with Crippen molar-refractivity contribution >= 4 is 0 Å². The number of piperidine rings is 1. The molecule has 1 aromatic carbocycles. The van der Waals surface area contributed by atoms with Crippen LogP contribution in [-0.2, 0) is 5.60 Å². The van der Waals surface area contributed by atoms with Gasteiger partial charge in [-0.1, -0.05) is 12.5 Å². The number of nitrogens with zero attached hydrogens (tertiary/aromatic N) is 1. The minimum absolute atomic E-state index is 0.182. The Balaban J connectivity index is 2.07. The highest BCUT2D eigenvalue weighted by atomic mass is 16.5. The summed E-state index contributed by atoms with van der Waals surface area (Å²) in [5, 5.41) is 11.4. The number of aliphatic hydroxyl groups is 1. The van der Waals surface area contributed by atoms with Crippen LogP contribution in [0.5, 0.6) is 11.5 Å². The van der Waals surface area contributed by atoms with E-state index in [9.17, 15) is 5.11 Å². The van der Waals surface area contributed by atoms with E-state index < -0.39 is 5.60 Å². The Hall–Kier alpha value is -1.26. The maximum atomic E-state index is 11.4. The molecule has 2 saturated heterocycles. The molecule has 2 atom stereocenters. The molecule has 3 rings (SSSR count). The molecule has 1 aromatic rings. The zero-order valence-electron chi connectivity index (χ0n) is 12.3. The zero-order chi connectivity index (χ0) is 14.2. The highest BCUT2D eigenvalue weighted by Gasteiger charge is 2.50. The third-order valence-electron chi connectivity index (χ3n) is 4.81. The van der Waals surface area contributed by atoms with Gasteiger partial charge in [0.25, 0.3) is 0 Å². The first kappa shape index (κ1) is 13.7. The van der Waals surface area contributed by atoms with E-state index in [0.717, 1.165) is 43.0 Å². The summed E-state index contributed by atoms with van der Waals surface area (Å²) in [4.78, 5) is 2.41. The molecule has 0 aromatic heterocycles. The lowest BCUT2D eigenvalue weighted by atomic mass is 9.82. The first-order valence-corrected chi connectivity index (χ1v) is 7.38. The summed E-state index contributed by atoms with van der Waals surface area (Å²) in [7, 11) is 3.30. The van der Waals surface area contributed by atoms with Crippen LogP contribution in [0.1, 0.15) is 31.2 Å². The van der Waals surface area contributed by atoms with Gasteiger partial charge in [0.1, 0.15) is 17.1 Å². The molecule has 2 aliphatic heterocycles. The standard InChI is InChI=1S/C16H23NO3/c1-19-12-6-5-7-13(20-2)15(12)16(18)9-11-17-10-4-3-8-14(16)17/h5-7,14,18H,3-4,8-11H2,1-2H3. The van der Waals surface area contributed by atoms with Gasteiger partial charge in [-0.25, -0.2) is 0 Å². The van der Waals surface area contributed by atoms with Gasteiger partial charge in [-0.05, 0) is 37.9 Å². The van der Waals surface area contributed by atoms with Gasteiger partial charge in [0.15, 0.2) is 0 Å². The van der Waals surface area contributed by atoms with Crippen LogP contribution in [-0.4, -0.2) is 43.4 Å². The first-order valence-electron chi connectivity index (χ1n) is 7.38. The molecule has 2 aliphatic rings. The van der Waals surface area contributed by atoms with Crippen molar-refractivity contribution < 1.29 is 14.6 Å². The summed E-state index contributed by atoms with van der Waals surface area (Å²) in [5.74, 6) is 1.44. The zero-order valence-corrected chi connectivity index (χ0v) is 12.3. The van der Waals surface area contributed by atoms with E-state index in [2.05, 4.69) is 4.90 Å². The third kappa shape index (κ3) is 1.98. The number of benzene rings is 1. The van der Waals surface area contributed by atoms with Crippen molar-refractivity contribution in [3.05, 3.63) is 23.8 Å². The maximum Gasteiger partial charge on any atom is 0.128 e. The molecular formula is C16H23NO3. The van der Waals surface area contributed by atoms with Gasteiger partial charge >= 0.3 is 0 Å². The van der Waals surface area contributed by atoms with Crippen molar-refractivity contribution in [2.45, 2.75) is 37.3 Å². The van der Waals surface area contributed by atoms with E-state index in [1.165, 1.54) is 12.8 Å². The van der Waals surface area contributed by atoms with Crippen LogP contribution < -0.4 is 9.47 Å². The third-order valence-corrected chi connectivity index (χ3v) is 4.81. The highest BCUT2D eigenvalue weighted by Crippen LogP contribution is 2.48. The second-order valence-corrected chi connectivity index (χ2v) is 5.76. The quantitative estimate of drug-likeness (QED) is 0.919. The second kappa shape index (κ2) is 5.26. The lowest BCUT2D eigenvalue weighted by Gasteiger charge is -2.38. The number of fused-ring (bicyclic) bond motifs is 1. The van der Waals surface area contributed by atoms with Gasteiger partial charge in [-0.2, -0.15) is 0 Å². The maximum absolute atomic E-state index is 11.4. The number of ether oxygens (including phenoxy) is 2. The van der Waals surface area contributed by atoms with E-state index in [1.807, 2.05) is 18.2 Å². The molecule has 2 fully saturated rings. The molecule has 0 amide bonds. The molecule has 4 heteroatoms. The summed E-state index contributed by atoms with van der Waals surface area (Å²) >= 11 is 0. The molecule has 2 heterocycles. The predicted molar refractivity (Wildman–Crippen MR) is 77.3 cm³/mol. The molecule has 0 saturated carbocycles. The Morgan fingerprint density at radius 2 is 1.85 bits per heavy atom. The Morgan fingerprint density at radius 1 is 1.15 bits per heavy atom. The van der Waals surface area contributed by atoms with Gasteiger partial charge in [-0.15, -0.1) is 0 Å². The lowest BCUT2D eigenvalue weighted by Crippen LogP contribution is -2.45. The average molecular weight is 277 g/mol. The Morgan fingerprint density at radius 3 is 2.50 bits per heavy atom. The van der Waals surface area contributed by atoms with Crippen molar-refractivity contribution in [2.24, 2.45) is 0 Å². The Kier molecular flexibility index (Phi) is 3.61. The summed E-state index contributed by atoms with van der Waals surface area (Å²) in [6.45, 7) is 2.03. The largest absolute Gasteiger partial charge is 0.496 e. The monoisotopic (exact) mass is 277 g/mol. The normalized spacial score (nSPS) is 30.1. The summed E-state index contributed by atoms with van der Waals surface area (Å²) in [6.07, 6.45) is 4.20. The van der Waals surface area contributed by atoms with Gasteiger partial charge < -0.3 is 14.6 Å². The molecule has 0 spiro atoms. The number of methoxy groups -OCH3 is 2. The van der Waals surface area contributed by atoms with Crippen molar-refractivity contribution in [1.82, 2.24) is 4.90 Å². The Bertz CT molecular complexity index is 468. The minimum Gasteiger partial charge on any atom is -0.496 e. The number of hydrogen-bond donors (Lipinski definition) is 1. The van der Waals surface area contributed by atoms with E-state index in [-0.39, 0.29) is 6.04 Å². The van der Waals surface area contributed by atoms with Crippen molar-refractivity contribution in [3.8, 4) is 11.5 Å². The fraction of sp³-hybridized carbons (Fsp3) is 0.625. The fourth-order valence-electron chi connectivity index (χ4n) is 3.85. The van der Waals surface area contributed by atoms with Crippen LogP contribution in [0.2, 0.25) is 0 Å². The number of rotatable bonds is 3. The molecule has 0 aliphatic carbocycles. The topological polar surface area (TPSA) is 41.9 Å². The predicted octanol–water partition coefficient (Wildman–Crippen LogP) is 2.15. The first-order chi connectivity index (χ1) is 9.70. The molecule has 2 unspecified atom stereocenters. The van der Waals surface area contributed by atoms with Crippen molar-refractivity contribution in [1.29, 1.82) is 0 Å². The van der Waals surface area contributed by atoms with Gasteiger partial charge in [-0.3, -0.25) is 4.90 Å². The van der Waals surface area contributed by atoms with E-state index in [1.54, 1.807) is 14.2 Å². The van der Waals surface area contributed by atoms with Crippen LogP contribution in [0.3, 0.4) is 0 Å². The van der Waals surface area contributed by atoms with Crippen molar-refractivity contribution in [3.63, 3.8) is 0 Å². The van der Waals surface area contributed by atoms with Gasteiger partial charge in [0, 0.05) is 12.6 Å². The van der Waals surface area contributed by atoms with Crippen molar-refractivity contribution in [2.75, 3.05) is 27.3 Å². The summed E-state index contributed by atoms with van der Waals surface area (Å²) < 4.78 is 11.0. The van der Waals surface area contributed by atoms with Crippen LogP contribution in [0.25, 0.3) is 0 Å². The van der Waals surface area contributed by atoms with Crippen LogP contribution >= 0.6 is 0 Å². The minimum atomic E-state index is -0.863. The van der Waals surface area contributed by atoms with E-state index in [4.69, 9.17) is 9.47 Å². The molecule has 4 nitrogen and oxygen atoms in total. The Labute approximate surface area is 120 Å². The van der Waals surface area contributed by atoms with Gasteiger partial charge in [0.05, 0.1) is 19.8 Å². The smallest absolute Gasteiger partial charge is 0.128 e. The summed E-state index contributed by atoms with van der Waals surface area (Å²) in [6, 6.07) is 5.89. The van der Waals surface area contributed by atoms with Gasteiger partial charge in [0.2, 0.25) is 0 Å². The fourth-order valence-corrected chi connectivity index (χ4v) is 3.85. The number of hydrogen-bond acceptors (Lipinski definition) is 4. The molecule has 0 radical (unpaired) electrons. The second-order valence-electron chi connectivity index (χ2n) is 5.76.